The van der Waals surface area contributed by atoms with Crippen LogP contribution in [0.4, 0.5) is 0 Å². The highest BCUT2D eigenvalue weighted by molar-refractivity contribution is 5.91. The summed E-state index contributed by atoms with van der Waals surface area (Å²) in [5.74, 6) is -0.234. The molecule has 2 aromatic rings. The molecule has 1 aliphatic rings. The van der Waals surface area contributed by atoms with Gasteiger partial charge in [-0.15, -0.1) is 0 Å². The Morgan fingerprint density at radius 2 is 1.83 bits per heavy atom. The molecule has 3 N–H and O–H groups in total. The topological polar surface area (TPSA) is 115 Å². The predicted molar refractivity (Wildman–Crippen MR) is 106 cm³/mol. The number of hydrogen-bond acceptors (Lipinski definition) is 8. The third kappa shape index (κ3) is 4.97. The maximum absolute atomic E-state index is 12.8. The monoisotopic (exact) mass is 418 g/mol. The molecule has 0 aromatic heterocycles. The molecule has 2 aromatic carbocycles. The van der Waals surface area contributed by atoms with Gasteiger partial charge in [-0.05, 0) is 30.2 Å². The number of carbonyl (C=O) groups is 1. The van der Waals surface area contributed by atoms with E-state index in [2.05, 4.69) is 0 Å². The van der Waals surface area contributed by atoms with Crippen molar-refractivity contribution in [2.45, 2.75) is 44.2 Å². The number of carbonyl (C=O) groups excluding carboxylic acids is 1. The molecule has 162 valence electrons. The fourth-order valence-electron chi connectivity index (χ4n) is 3.21. The molecule has 0 bridgehead atoms. The molecule has 0 saturated carbocycles. The van der Waals surface area contributed by atoms with Crippen molar-refractivity contribution in [3.05, 3.63) is 65.2 Å². The number of aryl methyl sites for hydroxylation is 1. The number of esters is 1. The number of rotatable bonds is 7. The zero-order chi connectivity index (χ0) is 21.7. The van der Waals surface area contributed by atoms with Crippen molar-refractivity contribution < 1.29 is 39.1 Å². The van der Waals surface area contributed by atoms with Gasteiger partial charge >= 0.3 is 5.97 Å². The van der Waals surface area contributed by atoms with E-state index in [-0.39, 0.29) is 5.56 Å². The predicted octanol–water partition coefficient (Wildman–Crippen LogP) is 1.18. The molecule has 8 nitrogen and oxygen atoms in total. The third-order valence-corrected chi connectivity index (χ3v) is 4.98. The molecular formula is C22H26O8. The Bertz CT molecular complexity index is 838. The molecule has 0 amide bonds. The minimum Gasteiger partial charge on any atom is -0.489 e. The Balaban J connectivity index is 1.72. The highest BCUT2D eigenvalue weighted by Gasteiger charge is 2.47. The van der Waals surface area contributed by atoms with Crippen LogP contribution in [0.2, 0.25) is 0 Å². The highest BCUT2D eigenvalue weighted by Crippen LogP contribution is 2.26. The minimum atomic E-state index is -1.48. The van der Waals surface area contributed by atoms with E-state index < -0.39 is 43.3 Å². The van der Waals surface area contributed by atoms with Crippen LogP contribution in [0.25, 0.3) is 0 Å². The summed E-state index contributed by atoms with van der Waals surface area (Å²) in [6.07, 6.45) is -6.37. The van der Waals surface area contributed by atoms with E-state index in [1.165, 1.54) is 7.11 Å². The van der Waals surface area contributed by atoms with Crippen molar-refractivity contribution in [2.75, 3.05) is 13.7 Å². The van der Waals surface area contributed by atoms with Gasteiger partial charge in [-0.25, -0.2) is 4.79 Å². The summed E-state index contributed by atoms with van der Waals surface area (Å²) in [5.41, 5.74) is 1.89. The van der Waals surface area contributed by atoms with Gasteiger partial charge in [-0.2, -0.15) is 0 Å². The second-order valence-corrected chi connectivity index (χ2v) is 7.06. The highest BCUT2D eigenvalue weighted by atomic mass is 16.7. The number of methoxy groups -OCH3 is 1. The van der Waals surface area contributed by atoms with E-state index in [0.717, 1.165) is 5.56 Å². The quantitative estimate of drug-likeness (QED) is 0.575. The molecule has 1 heterocycles. The lowest BCUT2D eigenvalue weighted by Crippen LogP contribution is -2.60. The van der Waals surface area contributed by atoms with E-state index in [1.807, 2.05) is 30.3 Å². The lowest BCUT2D eigenvalue weighted by atomic mass is 9.99. The first kappa shape index (κ1) is 22.2. The van der Waals surface area contributed by atoms with Crippen LogP contribution in [-0.4, -0.2) is 65.7 Å². The van der Waals surface area contributed by atoms with Crippen molar-refractivity contribution in [1.82, 2.24) is 0 Å². The zero-order valence-electron chi connectivity index (χ0n) is 16.8. The van der Waals surface area contributed by atoms with Gasteiger partial charge in [-0.1, -0.05) is 36.4 Å². The molecule has 0 aliphatic carbocycles. The number of aliphatic hydroxyl groups is 3. The third-order valence-electron chi connectivity index (χ3n) is 4.98. The second-order valence-electron chi connectivity index (χ2n) is 7.06. The van der Waals surface area contributed by atoms with Gasteiger partial charge in [0.05, 0.1) is 12.2 Å². The number of ether oxygens (including phenoxy) is 4. The molecule has 1 fully saturated rings. The maximum atomic E-state index is 12.8. The molecule has 1 aliphatic heterocycles. The van der Waals surface area contributed by atoms with Crippen LogP contribution in [0.3, 0.4) is 0 Å². The molecule has 1 saturated heterocycles. The van der Waals surface area contributed by atoms with Gasteiger partial charge in [0.25, 0.3) is 0 Å². The molecule has 0 spiro atoms. The van der Waals surface area contributed by atoms with Crippen LogP contribution < -0.4 is 4.74 Å². The van der Waals surface area contributed by atoms with Crippen molar-refractivity contribution in [3.8, 4) is 5.75 Å². The van der Waals surface area contributed by atoms with Crippen molar-refractivity contribution in [3.63, 3.8) is 0 Å². The summed E-state index contributed by atoms with van der Waals surface area (Å²) in [4.78, 5) is 12.8. The summed E-state index contributed by atoms with van der Waals surface area (Å²) >= 11 is 0. The Morgan fingerprint density at radius 1 is 1.10 bits per heavy atom. The fraction of sp³-hybridized carbons (Fsp3) is 0.409. The number of benzene rings is 2. The van der Waals surface area contributed by atoms with Crippen molar-refractivity contribution >= 4 is 5.97 Å². The Kier molecular flexibility index (Phi) is 7.41. The van der Waals surface area contributed by atoms with E-state index in [9.17, 15) is 20.1 Å². The van der Waals surface area contributed by atoms with Gasteiger partial charge in [0.1, 0.15) is 30.7 Å². The lowest BCUT2D eigenvalue weighted by molar-refractivity contribution is -0.293. The average molecular weight is 418 g/mol. The van der Waals surface area contributed by atoms with Gasteiger partial charge < -0.3 is 34.3 Å². The summed E-state index contributed by atoms with van der Waals surface area (Å²) < 4.78 is 21.7. The Hall–Kier alpha value is -2.49. The number of aliphatic hydroxyl groups excluding tert-OH is 3. The van der Waals surface area contributed by atoms with E-state index in [1.54, 1.807) is 25.1 Å². The van der Waals surface area contributed by atoms with Crippen LogP contribution in [0.1, 0.15) is 21.5 Å². The van der Waals surface area contributed by atoms with Gasteiger partial charge in [0, 0.05) is 7.11 Å². The fourth-order valence-corrected chi connectivity index (χ4v) is 3.21. The van der Waals surface area contributed by atoms with Crippen LogP contribution in [0, 0.1) is 6.92 Å². The molecule has 3 rings (SSSR count). The minimum absolute atomic E-state index is 0.251. The smallest absolute Gasteiger partial charge is 0.339 e. The zero-order valence-corrected chi connectivity index (χ0v) is 16.8. The summed E-state index contributed by atoms with van der Waals surface area (Å²) in [7, 11) is 1.31. The Morgan fingerprint density at radius 3 is 2.50 bits per heavy atom. The van der Waals surface area contributed by atoms with E-state index in [4.69, 9.17) is 18.9 Å². The first-order valence-electron chi connectivity index (χ1n) is 9.58. The normalized spacial score (nSPS) is 26.2. The van der Waals surface area contributed by atoms with Crippen LogP contribution in [0.15, 0.2) is 48.5 Å². The van der Waals surface area contributed by atoms with Crippen LogP contribution in [0.5, 0.6) is 5.75 Å². The molecule has 30 heavy (non-hydrogen) atoms. The lowest BCUT2D eigenvalue weighted by Gasteiger charge is -2.40. The first-order chi connectivity index (χ1) is 14.4. The molecule has 8 heteroatoms. The standard InChI is InChI=1S/C22H26O8/c1-13-8-9-15(28-12-14-6-4-3-5-7-14)10-16(13)21(26)30-20-19(25)18(24)17(11-23)29-22(20)27-2/h3-10,17-20,22-25H,11-12H2,1-2H3/t17-,18-,19+,20-,22+/m1/s1. The molecular weight excluding hydrogens is 392 g/mol. The van der Waals surface area contributed by atoms with Gasteiger partial charge in [-0.3, -0.25) is 0 Å². The van der Waals surface area contributed by atoms with Crippen molar-refractivity contribution in [2.24, 2.45) is 0 Å². The van der Waals surface area contributed by atoms with Crippen molar-refractivity contribution in [1.29, 1.82) is 0 Å². The summed E-state index contributed by atoms with van der Waals surface area (Å²) in [5, 5.41) is 29.7. The average Bonchev–Trinajstić information content (AvgIpc) is 2.77. The SMILES string of the molecule is CO[C@H]1O[C@H](CO)[C@@H](O)[C@H](O)[C@H]1OC(=O)c1cc(OCc2ccccc2)ccc1C. The number of hydrogen-bond donors (Lipinski definition) is 3. The van der Waals surface area contributed by atoms with Crippen LogP contribution in [-0.2, 0) is 20.8 Å². The van der Waals surface area contributed by atoms with E-state index >= 15 is 0 Å². The molecule has 0 radical (unpaired) electrons. The second kappa shape index (κ2) is 10.0. The summed E-state index contributed by atoms with van der Waals surface area (Å²) in [6, 6.07) is 14.7. The largest absolute Gasteiger partial charge is 0.489 e. The molecule has 5 atom stereocenters. The van der Waals surface area contributed by atoms with Gasteiger partial charge in [0.15, 0.2) is 12.4 Å². The first-order valence-corrected chi connectivity index (χ1v) is 9.58. The Labute approximate surface area is 174 Å². The van der Waals surface area contributed by atoms with Crippen LogP contribution >= 0.6 is 0 Å². The van der Waals surface area contributed by atoms with E-state index in [0.29, 0.717) is 17.9 Å². The van der Waals surface area contributed by atoms with Gasteiger partial charge in [0.2, 0.25) is 0 Å². The summed E-state index contributed by atoms with van der Waals surface area (Å²) in [6.45, 7) is 1.57. The maximum Gasteiger partial charge on any atom is 0.339 e. The molecule has 0 unspecified atom stereocenters.